The fraction of sp³-hybridized carbons (Fsp3) is 0.464. The van der Waals surface area contributed by atoms with Gasteiger partial charge in [0.2, 0.25) is 0 Å². The summed E-state index contributed by atoms with van der Waals surface area (Å²) in [6.07, 6.45) is 1.57. The molecular weight excluding hydrogens is 462 g/mol. The summed E-state index contributed by atoms with van der Waals surface area (Å²) in [7, 11) is 3.06. The van der Waals surface area contributed by atoms with Gasteiger partial charge in [-0.25, -0.2) is 0 Å². The molecule has 0 saturated carbocycles. The van der Waals surface area contributed by atoms with E-state index in [2.05, 4.69) is 5.32 Å². The van der Waals surface area contributed by atoms with Gasteiger partial charge in [-0.3, -0.25) is 19.7 Å². The van der Waals surface area contributed by atoms with Crippen LogP contribution in [0.4, 0.5) is 0 Å². The molecule has 8 nitrogen and oxygen atoms in total. The van der Waals surface area contributed by atoms with Crippen LogP contribution in [0.25, 0.3) is 0 Å². The van der Waals surface area contributed by atoms with Crippen LogP contribution in [0, 0.1) is 11.8 Å². The number of ketones is 1. The Morgan fingerprint density at radius 2 is 1.58 bits per heavy atom. The third-order valence-electron chi connectivity index (χ3n) is 6.77. The predicted octanol–water partition coefficient (Wildman–Crippen LogP) is 3.23. The molecule has 0 aromatic heterocycles. The summed E-state index contributed by atoms with van der Waals surface area (Å²) in [5.41, 5.74) is 2.77. The molecule has 3 rings (SSSR count). The van der Waals surface area contributed by atoms with Crippen LogP contribution in [0.15, 0.2) is 42.5 Å². The lowest BCUT2D eigenvalue weighted by Crippen LogP contribution is -2.50. The van der Waals surface area contributed by atoms with Crippen LogP contribution in [-0.2, 0) is 38.4 Å². The first-order valence-electron chi connectivity index (χ1n) is 12.3. The SMILES string of the molecule is CCOC(=O)[C@H](CCc1ccccc1)N[C@@H](C)C(=O)[C@@H]1Cc2cc(OC)c(OC)cc2C[C@@H]1C(=O)O. The number of aryl methyl sites for hydroxylation is 1. The van der Waals surface area contributed by atoms with Crippen LogP contribution in [-0.4, -0.2) is 55.7 Å². The maximum Gasteiger partial charge on any atom is 0.323 e. The number of esters is 1. The van der Waals surface area contributed by atoms with Gasteiger partial charge in [0, 0.05) is 5.92 Å². The number of Topliss-reactive ketones (excluding diaryl/α,β-unsaturated/α-hetero) is 1. The first-order valence-corrected chi connectivity index (χ1v) is 12.3. The second-order valence-corrected chi connectivity index (χ2v) is 9.06. The van der Waals surface area contributed by atoms with Gasteiger partial charge in [-0.2, -0.15) is 0 Å². The molecule has 0 unspecified atom stereocenters. The van der Waals surface area contributed by atoms with Crippen molar-refractivity contribution in [3.8, 4) is 11.5 Å². The Morgan fingerprint density at radius 1 is 1.00 bits per heavy atom. The number of ether oxygens (including phenoxy) is 3. The van der Waals surface area contributed by atoms with Gasteiger partial charge < -0.3 is 19.3 Å². The van der Waals surface area contributed by atoms with Gasteiger partial charge in [-0.05, 0) is 68.4 Å². The molecule has 8 heteroatoms. The van der Waals surface area contributed by atoms with Crippen molar-refractivity contribution in [1.82, 2.24) is 5.32 Å². The third kappa shape index (κ3) is 6.43. The van der Waals surface area contributed by atoms with Crippen LogP contribution in [0.5, 0.6) is 11.5 Å². The highest BCUT2D eigenvalue weighted by atomic mass is 16.5. The van der Waals surface area contributed by atoms with Crippen molar-refractivity contribution >= 4 is 17.7 Å². The van der Waals surface area contributed by atoms with Crippen molar-refractivity contribution < 1.29 is 33.7 Å². The average Bonchev–Trinajstić information content (AvgIpc) is 2.89. The molecule has 0 bridgehead atoms. The van der Waals surface area contributed by atoms with Gasteiger partial charge in [-0.15, -0.1) is 0 Å². The zero-order valence-electron chi connectivity index (χ0n) is 21.3. The summed E-state index contributed by atoms with van der Waals surface area (Å²) in [6.45, 7) is 3.65. The van der Waals surface area contributed by atoms with E-state index in [4.69, 9.17) is 14.2 Å². The molecule has 0 saturated heterocycles. The lowest BCUT2D eigenvalue weighted by atomic mass is 9.72. The Balaban J connectivity index is 1.79. The van der Waals surface area contributed by atoms with Crippen molar-refractivity contribution in [1.29, 1.82) is 0 Å². The zero-order chi connectivity index (χ0) is 26.2. The summed E-state index contributed by atoms with van der Waals surface area (Å²) < 4.78 is 16.0. The van der Waals surface area contributed by atoms with Gasteiger partial charge in [0.1, 0.15) is 6.04 Å². The zero-order valence-corrected chi connectivity index (χ0v) is 21.3. The molecule has 0 spiro atoms. The Kier molecular flexibility index (Phi) is 9.47. The summed E-state index contributed by atoms with van der Waals surface area (Å²) in [5.74, 6) is -2.25. The maximum absolute atomic E-state index is 13.6. The van der Waals surface area contributed by atoms with E-state index in [1.54, 1.807) is 19.9 Å². The highest BCUT2D eigenvalue weighted by molar-refractivity contribution is 5.91. The first kappa shape index (κ1) is 27.2. The van der Waals surface area contributed by atoms with Crippen LogP contribution in [0.1, 0.15) is 37.0 Å². The smallest absolute Gasteiger partial charge is 0.323 e. The van der Waals surface area contributed by atoms with E-state index in [0.717, 1.165) is 16.7 Å². The molecule has 1 aliphatic carbocycles. The molecule has 0 aliphatic heterocycles. The van der Waals surface area contributed by atoms with Crippen molar-refractivity contribution in [3.05, 3.63) is 59.2 Å². The number of carboxylic acid groups (broad SMARTS) is 1. The third-order valence-corrected chi connectivity index (χ3v) is 6.77. The number of rotatable bonds is 12. The number of fused-ring (bicyclic) bond motifs is 1. The fourth-order valence-corrected chi connectivity index (χ4v) is 4.83. The molecule has 2 aromatic rings. The number of carbonyl (C=O) groups excluding carboxylic acids is 2. The second-order valence-electron chi connectivity index (χ2n) is 9.06. The number of nitrogens with one attached hydrogen (secondary N) is 1. The summed E-state index contributed by atoms with van der Waals surface area (Å²) in [6, 6.07) is 11.9. The highest BCUT2D eigenvalue weighted by Crippen LogP contribution is 2.38. The van der Waals surface area contributed by atoms with Crippen molar-refractivity contribution in [2.75, 3.05) is 20.8 Å². The van der Waals surface area contributed by atoms with E-state index < -0.39 is 35.9 Å². The van der Waals surface area contributed by atoms with Gasteiger partial charge in [0.05, 0.1) is 32.8 Å². The Hall–Kier alpha value is -3.39. The molecule has 0 fully saturated rings. The molecule has 0 amide bonds. The number of aliphatic carboxylic acids is 1. The summed E-state index contributed by atoms with van der Waals surface area (Å²) in [4.78, 5) is 38.4. The topological polar surface area (TPSA) is 111 Å². The van der Waals surface area contributed by atoms with Crippen molar-refractivity contribution in [3.63, 3.8) is 0 Å². The fourth-order valence-electron chi connectivity index (χ4n) is 4.83. The Labute approximate surface area is 211 Å². The average molecular weight is 498 g/mol. The van der Waals surface area contributed by atoms with E-state index in [0.29, 0.717) is 24.3 Å². The molecule has 0 radical (unpaired) electrons. The molecule has 2 N–H and O–H groups in total. The number of hydrogen-bond donors (Lipinski definition) is 2. The molecule has 194 valence electrons. The summed E-state index contributed by atoms with van der Waals surface area (Å²) in [5, 5.41) is 13.1. The Bertz CT molecular complexity index is 1070. The van der Waals surface area contributed by atoms with E-state index in [-0.39, 0.29) is 25.2 Å². The normalized spacial score (nSPS) is 18.4. The highest BCUT2D eigenvalue weighted by Gasteiger charge is 2.40. The number of benzene rings is 2. The lowest BCUT2D eigenvalue weighted by molar-refractivity contribution is -0.149. The Morgan fingerprint density at radius 3 is 2.11 bits per heavy atom. The monoisotopic (exact) mass is 497 g/mol. The molecule has 0 heterocycles. The van der Waals surface area contributed by atoms with E-state index in [1.165, 1.54) is 14.2 Å². The number of carbonyl (C=O) groups is 3. The standard InChI is InChI=1S/C28H35NO7/c1-5-36-28(33)23(12-11-18-9-7-6-8-10-18)29-17(2)26(30)21-13-19-15-24(34-3)25(35-4)16-20(19)14-22(21)27(31)32/h6-10,15-17,21-23,29H,5,11-14H2,1-4H3,(H,31,32)/t17-,21+,22-,23-/m0/s1. The first-order chi connectivity index (χ1) is 17.3. The van der Waals surface area contributed by atoms with Crippen LogP contribution < -0.4 is 14.8 Å². The minimum Gasteiger partial charge on any atom is -0.493 e. The summed E-state index contributed by atoms with van der Waals surface area (Å²) >= 11 is 0. The van der Waals surface area contributed by atoms with Gasteiger partial charge in [0.15, 0.2) is 17.3 Å². The largest absolute Gasteiger partial charge is 0.493 e. The van der Waals surface area contributed by atoms with Crippen molar-refractivity contribution in [2.24, 2.45) is 11.8 Å². The number of carboxylic acids is 1. The van der Waals surface area contributed by atoms with E-state index >= 15 is 0 Å². The second kappa shape index (κ2) is 12.5. The molecule has 36 heavy (non-hydrogen) atoms. The van der Waals surface area contributed by atoms with Gasteiger partial charge in [-0.1, -0.05) is 30.3 Å². The van der Waals surface area contributed by atoms with Gasteiger partial charge in [0.25, 0.3) is 0 Å². The predicted molar refractivity (Wildman–Crippen MR) is 134 cm³/mol. The minimum absolute atomic E-state index is 0.212. The van der Waals surface area contributed by atoms with Crippen LogP contribution in [0.2, 0.25) is 0 Å². The number of hydrogen-bond acceptors (Lipinski definition) is 7. The van der Waals surface area contributed by atoms with Crippen LogP contribution >= 0.6 is 0 Å². The number of methoxy groups -OCH3 is 2. The van der Waals surface area contributed by atoms with E-state index in [9.17, 15) is 19.5 Å². The molecule has 2 aromatic carbocycles. The molecular formula is C28H35NO7. The quantitative estimate of drug-likeness (QED) is 0.430. The van der Waals surface area contributed by atoms with Crippen molar-refractivity contribution in [2.45, 2.75) is 51.6 Å². The molecule has 1 aliphatic rings. The lowest BCUT2D eigenvalue weighted by Gasteiger charge is -2.32. The van der Waals surface area contributed by atoms with E-state index in [1.807, 2.05) is 36.4 Å². The molecule has 4 atom stereocenters. The van der Waals surface area contributed by atoms with Gasteiger partial charge >= 0.3 is 11.9 Å². The van der Waals surface area contributed by atoms with Crippen LogP contribution in [0.3, 0.4) is 0 Å². The minimum atomic E-state index is -1.02. The maximum atomic E-state index is 13.6.